The molecule has 0 bridgehead atoms. The van der Waals surface area contributed by atoms with Crippen LogP contribution in [0, 0.1) is 6.92 Å². The zero-order valence-corrected chi connectivity index (χ0v) is 22.1. The van der Waals surface area contributed by atoms with Crippen molar-refractivity contribution < 1.29 is 27.5 Å². The second kappa shape index (κ2) is 12.3. The highest BCUT2D eigenvalue weighted by Gasteiger charge is 2.22. The lowest BCUT2D eigenvalue weighted by atomic mass is 10.1. The number of methoxy groups -OCH3 is 2. The van der Waals surface area contributed by atoms with Gasteiger partial charge < -0.3 is 20.1 Å². The largest absolute Gasteiger partial charge is 0.493 e. The molecule has 3 aromatic carbocycles. The van der Waals surface area contributed by atoms with Crippen molar-refractivity contribution in [2.75, 3.05) is 43.2 Å². The predicted octanol–water partition coefficient (Wildman–Crippen LogP) is 3.39. The van der Waals surface area contributed by atoms with Gasteiger partial charge in [-0.3, -0.25) is 13.9 Å². The number of carbonyl (C=O) groups is 2. The zero-order chi connectivity index (χ0) is 27.0. The molecule has 3 aromatic rings. The lowest BCUT2D eigenvalue weighted by Crippen LogP contribution is -2.37. The number of anilines is 2. The van der Waals surface area contributed by atoms with E-state index in [1.807, 2.05) is 19.1 Å². The minimum atomic E-state index is -3.72. The van der Waals surface area contributed by atoms with Crippen molar-refractivity contribution in [3.8, 4) is 11.5 Å². The van der Waals surface area contributed by atoms with Crippen LogP contribution in [-0.2, 0) is 21.2 Å². The second-order valence-electron chi connectivity index (χ2n) is 8.39. The van der Waals surface area contributed by atoms with Crippen LogP contribution in [0.2, 0.25) is 0 Å². The maximum absolute atomic E-state index is 12.9. The van der Waals surface area contributed by atoms with Crippen LogP contribution in [0.5, 0.6) is 11.5 Å². The van der Waals surface area contributed by atoms with Crippen molar-refractivity contribution >= 4 is 33.2 Å². The minimum absolute atomic E-state index is 0.268. The number of hydrogen-bond donors (Lipinski definition) is 2. The van der Waals surface area contributed by atoms with Gasteiger partial charge in [-0.05, 0) is 55.3 Å². The summed E-state index contributed by atoms with van der Waals surface area (Å²) in [7, 11) is -0.591. The minimum Gasteiger partial charge on any atom is -0.493 e. The molecule has 9 nitrogen and oxygen atoms in total. The van der Waals surface area contributed by atoms with Gasteiger partial charge in [-0.1, -0.05) is 35.9 Å². The van der Waals surface area contributed by atoms with Gasteiger partial charge in [0.2, 0.25) is 15.9 Å². The molecule has 0 heterocycles. The van der Waals surface area contributed by atoms with Crippen LogP contribution in [0.15, 0.2) is 66.7 Å². The number of rotatable bonds is 11. The molecule has 0 aliphatic rings. The van der Waals surface area contributed by atoms with Crippen molar-refractivity contribution in [3.63, 3.8) is 0 Å². The number of nitrogens with zero attached hydrogens (tertiary/aromatic N) is 1. The molecule has 37 heavy (non-hydrogen) atoms. The van der Waals surface area contributed by atoms with E-state index in [4.69, 9.17) is 9.47 Å². The Balaban J connectivity index is 1.66. The Morgan fingerprint density at radius 3 is 2.24 bits per heavy atom. The maximum Gasteiger partial charge on any atom is 0.253 e. The van der Waals surface area contributed by atoms with E-state index >= 15 is 0 Å². The zero-order valence-electron chi connectivity index (χ0n) is 21.3. The molecule has 0 radical (unpaired) electrons. The SMILES string of the molecule is COc1ccc(CCNC(=O)c2ccccc2NC(=O)CN(c2ccc(C)cc2)S(C)(=O)=O)cc1OC. The lowest BCUT2D eigenvalue weighted by molar-refractivity contribution is -0.114. The highest BCUT2D eigenvalue weighted by atomic mass is 32.2. The Labute approximate surface area is 217 Å². The predicted molar refractivity (Wildman–Crippen MR) is 144 cm³/mol. The maximum atomic E-state index is 12.9. The van der Waals surface area contributed by atoms with Crippen LogP contribution in [0.4, 0.5) is 11.4 Å². The second-order valence-corrected chi connectivity index (χ2v) is 10.3. The number of sulfonamides is 1. The van der Waals surface area contributed by atoms with E-state index in [0.717, 1.165) is 21.7 Å². The van der Waals surface area contributed by atoms with Gasteiger partial charge in [-0.25, -0.2) is 8.42 Å². The van der Waals surface area contributed by atoms with Gasteiger partial charge >= 0.3 is 0 Å². The van der Waals surface area contributed by atoms with Crippen molar-refractivity contribution in [1.82, 2.24) is 5.32 Å². The van der Waals surface area contributed by atoms with Crippen LogP contribution in [0.3, 0.4) is 0 Å². The third kappa shape index (κ3) is 7.47. The Morgan fingerprint density at radius 2 is 1.59 bits per heavy atom. The van der Waals surface area contributed by atoms with Crippen LogP contribution >= 0.6 is 0 Å². The number of amides is 2. The van der Waals surface area contributed by atoms with Gasteiger partial charge in [-0.2, -0.15) is 0 Å². The first-order valence-electron chi connectivity index (χ1n) is 11.5. The Bertz CT molecular complexity index is 1360. The van der Waals surface area contributed by atoms with Crippen LogP contribution < -0.4 is 24.4 Å². The molecule has 2 amide bonds. The molecule has 0 aromatic heterocycles. The van der Waals surface area contributed by atoms with Gasteiger partial charge in [0, 0.05) is 6.54 Å². The fraction of sp³-hybridized carbons (Fsp3) is 0.259. The van der Waals surface area contributed by atoms with E-state index in [0.29, 0.717) is 30.2 Å². The smallest absolute Gasteiger partial charge is 0.253 e. The number of benzene rings is 3. The summed E-state index contributed by atoms with van der Waals surface area (Å²) in [5, 5.41) is 5.53. The molecule has 0 aliphatic heterocycles. The third-order valence-electron chi connectivity index (χ3n) is 5.60. The van der Waals surface area contributed by atoms with Crippen molar-refractivity contribution in [1.29, 1.82) is 0 Å². The lowest BCUT2D eigenvalue weighted by Gasteiger charge is -2.22. The Morgan fingerprint density at radius 1 is 0.919 bits per heavy atom. The monoisotopic (exact) mass is 525 g/mol. The number of hydrogen-bond acceptors (Lipinski definition) is 6. The summed E-state index contributed by atoms with van der Waals surface area (Å²) in [6.07, 6.45) is 1.60. The molecule has 10 heteroatoms. The molecule has 0 unspecified atom stereocenters. The topological polar surface area (TPSA) is 114 Å². The molecule has 0 spiro atoms. The van der Waals surface area contributed by atoms with E-state index in [-0.39, 0.29) is 17.2 Å². The normalized spacial score (nSPS) is 10.9. The Hall–Kier alpha value is -4.05. The van der Waals surface area contributed by atoms with Gasteiger partial charge in [0.25, 0.3) is 5.91 Å². The fourth-order valence-electron chi connectivity index (χ4n) is 3.67. The third-order valence-corrected chi connectivity index (χ3v) is 6.74. The average Bonchev–Trinajstić information content (AvgIpc) is 2.87. The van der Waals surface area contributed by atoms with Crippen LogP contribution in [0.1, 0.15) is 21.5 Å². The highest BCUT2D eigenvalue weighted by Crippen LogP contribution is 2.27. The summed E-state index contributed by atoms with van der Waals surface area (Å²) < 4.78 is 36.3. The average molecular weight is 526 g/mol. The summed E-state index contributed by atoms with van der Waals surface area (Å²) in [5.41, 5.74) is 2.85. The molecule has 0 fully saturated rings. The fourth-order valence-corrected chi connectivity index (χ4v) is 4.53. The van der Waals surface area contributed by atoms with E-state index in [9.17, 15) is 18.0 Å². The number of para-hydroxylation sites is 1. The van der Waals surface area contributed by atoms with E-state index in [1.165, 1.54) is 0 Å². The first-order chi connectivity index (χ1) is 17.6. The highest BCUT2D eigenvalue weighted by molar-refractivity contribution is 7.92. The molecule has 0 atom stereocenters. The van der Waals surface area contributed by atoms with E-state index < -0.39 is 22.5 Å². The molecule has 0 saturated carbocycles. The molecule has 0 saturated heterocycles. The standard InChI is InChI=1S/C27H31N3O6S/c1-19-9-12-21(13-10-19)30(37(4,33)34)18-26(31)29-23-8-6-5-7-22(23)27(32)28-16-15-20-11-14-24(35-2)25(17-20)36-3/h5-14,17H,15-16,18H2,1-4H3,(H,28,32)(H,29,31). The van der Waals surface area contributed by atoms with Crippen LogP contribution in [-0.4, -0.2) is 53.8 Å². The van der Waals surface area contributed by atoms with E-state index in [2.05, 4.69) is 10.6 Å². The molecular formula is C27H31N3O6S. The molecule has 196 valence electrons. The van der Waals surface area contributed by atoms with Crippen molar-refractivity contribution in [2.45, 2.75) is 13.3 Å². The van der Waals surface area contributed by atoms with Gasteiger partial charge in [0.15, 0.2) is 11.5 Å². The summed E-state index contributed by atoms with van der Waals surface area (Å²) >= 11 is 0. The number of carbonyl (C=O) groups excluding carboxylic acids is 2. The van der Waals surface area contributed by atoms with Gasteiger partial charge in [0.05, 0.1) is 37.4 Å². The first kappa shape index (κ1) is 27.5. The quantitative estimate of drug-likeness (QED) is 0.397. The van der Waals surface area contributed by atoms with Gasteiger partial charge in [-0.15, -0.1) is 0 Å². The van der Waals surface area contributed by atoms with Gasteiger partial charge in [0.1, 0.15) is 6.54 Å². The number of aryl methyl sites for hydroxylation is 1. The number of nitrogens with one attached hydrogen (secondary N) is 2. The van der Waals surface area contributed by atoms with Crippen LogP contribution in [0.25, 0.3) is 0 Å². The van der Waals surface area contributed by atoms with Crippen molar-refractivity contribution in [2.24, 2.45) is 0 Å². The summed E-state index contributed by atoms with van der Waals surface area (Å²) in [6.45, 7) is 1.81. The first-order valence-corrected chi connectivity index (χ1v) is 13.4. The molecular weight excluding hydrogens is 494 g/mol. The summed E-state index contributed by atoms with van der Waals surface area (Å²) in [4.78, 5) is 25.7. The Kier molecular flexibility index (Phi) is 9.13. The van der Waals surface area contributed by atoms with Crippen molar-refractivity contribution in [3.05, 3.63) is 83.4 Å². The summed E-state index contributed by atoms with van der Waals surface area (Å²) in [6, 6.07) is 18.9. The molecule has 3 rings (SSSR count). The summed E-state index contributed by atoms with van der Waals surface area (Å²) in [5.74, 6) is 0.288. The molecule has 0 aliphatic carbocycles. The van der Waals surface area contributed by atoms with E-state index in [1.54, 1.807) is 68.8 Å². The molecule has 2 N–H and O–H groups in total. The number of ether oxygens (including phenoxy) is 2.